The first-order valence-corrected chi connectivity index (χ1v) is 11.4. The fourth-order valence-electron chi connectivity index (χ4n) is 4.27. The quantitative estimate of drug-likeness (QED) is 0.633. The molecule has 3 aromatic rings. The molecule has 0 spiro atoms. The number of aromatic nitrogens is 1. The van der Waals surface area contributed by atoms with Gasteiger partial charge in [0, 0.05) is 6.54 Å². The Morgan fingerprint density at radius 3 is 2.94 bits per heavy atom. The van der Waals surface area contributed by atoms with Gasteiger partial charge in [-0.25, -0.2) is 4.98 Å². The van der Waals surface area contributed by atoms with Crippen LogP contribution in [0.4, 0.5) is 0 Å². The second kappa shape index (κ2) is 8.69. The maximum Gasteiger partial charge on any atom is 0.279 e. The average molecular weight is 437 g/mol. The van der Waals surface area contributed by atoms with Gasteiger partial charge in [-0.15, -0.1) is 0 Å². The molecule has 2 aliphatic heterocycles. The summed E-state index contributed by atoms with van der Waals surface area (Å²) in [5, 5.41) is 9.90. The van der Waals surface area contributed by atoms with Gasteiger partial charge in [0.2, 0.25) is 0 Å². The van der Waals surface area contributed by atoms with Crippen LogP contribution in [0.25, 0.3) is 0 Å². The third-order valence-corrected chi connectivity index (χ3v) is 6.76. The van der Waals surface area contributed by atoms with Gasteiger partial charge in [-0.1, -0.05) is 41.7 Å². The summed E-state index contributed by atoms with van der Waals surface area (Å²) in [4.78, 5) is 19.3. The van der Waals surface area contributed by atoms with E-state index in [1.165, 1.54) is 16.9 Å². The minimum Gasteiger partial charge on any atom is -0.485 e. The van der Waals surface area contributed by atoms with Gasteiger partial charge in [0.05, 0.1) is 18.8 Å². The average Bonchev–Trinajstić information content (AvgIpc) is 3.48. The first-order chi connectivity index (χ1) is 15.2. The number of rotatable bonds is 5. The number of nitrogens with zero attached hydrogens (tertiary/aromatic N) is 2. The Hall–Kier alpha value is -2.90. The standard InChI is InChI=1S/C24H24N2O4S/c27-15-18-7-4-12-26(18)23(28)22-14-25-24(31-22)29-19-9-11-21-17(13-19)8-10-20(30-21)16-5-2-1-3-6-16/h1-3,5-6,9,11,13-14,18,20,27H,4,7-8,10,12,15H2. The molecule has 1 saturated heterocycles. The number of aryl methyl sites for hydroxylation is 1. The zero-order valence-corrected chi connectivity index (χ0v) is 17.9. The molecule has 6 nitrogen and oxygen atoms in total. The normalized spacial score (nSPS) is 20.2. The molecule has 7 heteroatoms. The number of thiazole rings is 1. The largest absolute Gasteiger partial charge is 0.485 e. The summed E-state index contributed by atoms with van der Waals surface area (Å²) < 4.78 is 12.1. The summed E-state index contributed by atoms with van der Waals surface area (Å²) in [5.41, 5.74) is 2.30. The molecule has 31 heavy (non-hydrogen) atoms. The molecule has 2 aliphatic rings. The summed E-state index contributed by atoms with van der Waals surface area (Å²) in [7, 11) is 0. The summed E-state index contributed by atoms with van der Waals surface area (Å²) in [6.45, 7) is 0.670. The maximum atomic E-state index is 12.7. The maximum absolute atomic E-state index is 12.7. The van der Waals surface area contributed by atoms with Crippen molar-refractivity contribution in [1.29, 1.82) is 0 Å². The van der Waals surface area contributed by atoms with Gasteiger partial charge in [0.15, 0.2) is 0 Å². The molecule has 1 amide bonds. The Balaban J connectivity index is 1.26. The zero-order chi connectivity index (χ0) is 21.2. The lowest BCUT2D eigenvalue weighted by Gasteiger charge is -2.26. The number of likely N-dealkylation sites (tertiary alicyclic amines) is 1. The van der Waals surface area contributed by atoms with Crippen molar-refractivity contribution in [3.63, 3.8) is 0 Å². The Bertz CT molecular complexity index is 1070. The number of carbonyl (C=O) groups excluding carboxylic acids is 1. The molecule has 2 unspecified atom stereocenters. The van der Waals surface area contributed by atoms with E-state index in [4.69, 9.17) is 9.47 Å². The van der Waals surface area contributed by atoms with E-state index in [1.807, 2.05) is 36.4 Å². The van der Waals surface area contributed by atoms with Crippen LogP contribution in [0.5, 0.6) is 16.7 Å². The second-order valence-electron chi connectivity index (χ2n) is 7.90. The summed E-state index contributed by atoms with van der Waals surface area (Å²) in [6.07, 6.45) is 5.21. The number of hydrogen-bond acceptors (Lipinski definition) is 6. The third-order valence-electron chi connectivity index (χ3n) is 5.90. The lowest BCUT2D eigenvalue weighted by atomic mass is 9.97. The van der Waals surface area contributed by atoms with Gasteiger partial charge < -0.3 is 19.5 Å². The van der Waals surface area contributed by atoms with E-state index in [-0.39, 0.29) is 24.7 Å². The van der Waals surface area contributed by atoms with Crippen LogP contribution < -0.4 is 9.47 Å². The highest BCUT2D eigenvalue weighted by molar-refractivity contribution is 7.15. The Kier molecular flexibility index (Phi) is 5.61. The molecule has 160 valence electrons. The molecule has 2 aromatic carbocycles. The highest BCUT2D eigenvalue weighted by Crippen LogP contribution is 2.38. The Morgan fingerprint density at radius 2 is 2.10 bits per heavy atom. The van der Waals surface area contributed by atoms with Crippen LogP contribution in [0.2, 0.25) is 0 Å². The number of hydrogen-bond donors (Lipinski definition) is 1. The van der Waals surface area contributed by atoms with Gasteiger partial charge in [-0.2, -0.15) is 0 Å². The van der Waals surface area contributed by atoms with Crippen molar-refractivity contribution >= 4 is 17.2 Å². The summed E-state index contributed by atoms with van der Waals surface area (Å²) in [5.74, 6) is 1.48. The van der Waals surface area contributed by atoms with Crippen LogP contribution in [-0.4, -0.2) is 40.1 Å². The molecule has 1 N–H and O–H groups in total. The van der Waals surface area contributed by atoms with Crippen molar-refractivity contribution in [1.82, 2.24) is 9.88 Å². The molecule has 3 heterocycles. The molecule has 1 aromatic heterocycles. The van der Waals surface area contributed by atoms with E-state index in [1.54, 1.807) is 11.1 Å². The van der Waals surface area contributed by atoms with Crippen LogP contribution in [0.15, 0.2) is 54.7 Å². The van der Waals surface area contributed by atoms with E-state index in [9.17, 15) is 9.90 Å². The van der Waals surface area contributed by atoms with Crippen molar-refractivity contribution in [2.24, 2.45) is 0 Å². The molecule has 0 bridgehead atoms. The lowest BCUT2D eigenvalue weighted by molar-refractivity contribution is 0.0682. The fraction of sp³-hybridized carbons (Fsp3) is 0.333. The number of aliphatic hydroxyl groups excluding tert-OH is 1. The molecular formula is C24H24N2O4S. The molecule has 2 atom stereocenters. The third kappa shape index (κ3) is 4.16. The van der Waals surface area contributed by atoms with E-state index >= 15 is 0 Å². The van der Waals surface area contributed by atoms with Gasteiger partial charge in [-0.3, -0.25) is 4.79 Å². The number of amides is 1. The predicted molar refractivity (Wildman–Crippen MR) is 118 cm³/mol. The van der Waals surface area contributed by atoms with E-state index < -0.39 is 0 Å². The van der Waals surface area contributed by atoms with Crippen LogP contribution in [0, 0.1) is 0 Å². The van der Waals surface area contributed by atoms with Crippen LogP contribution in [0.1, 0.15) is 46.2 Å². The highest BCUT2D eigenvalue weighted by Gasteiger charge is 2.30. The first kappa shape index (κ1) is 20.0. The topological polar surface area (TPSA) is 71.9 Å². The zero-order valence-electron chi connectivity index (χ0n) is 17.1. The Morgan fingerprint density at radius 1 is 1.23 bits per heavy atom. The van der Waals surface area contributed by atoms with Crippen molar-refractivity contribution in [3.05, 3.63) is 70.7 Å². The molecule has 5 rings (SSSR count). The van der Waals surface area contributed by atoms with Crippen LogP contribution in [-0.2, 0) is 6.42 Å². The van der Waals surface area contributed by atoms with Gasteiger partial charge >= 0.3 is 0 Å². The van der Waals surface area contributed by atoms with Crippen molar-refractivity contribution < 1.29 is 19.4 Å². The van der Waals surface area contributed by atoms with E-state index in [2.05, 4.69) is 17.1 Å². The minimum absolute atomic E-state index is 0.00374. The van der Waals surface area contributed by atoms with E-state index in [0.717, 1.165) is 37.0 Å². The van der Waals surface area contributed by atoms with Gasteiger partial charge in [-0.05, 0) is 55.0 Å². The SMILES string of the molecule is O=C(c1cnc(Oc2ccc3c(c2)CCC(c2ccccc2)O3)s1)N1CCCC1CO. The number of aliphatic hydroxyl groups is 1. The second-order valence-corrected chi connectivity index (χ2v) is 8.89. The monoisotopic (exact) mass is 436 g/mol. The van der Waals surface area contributed by atoms with Crippen molar-refractivity contribution in [3.8, 4) is 16.7 Å². The molecule has 1 fully saturated rings. The summed E-state index contributed by atoms with van der Waals surface area (Å²) >= 11 is 1.23. The summed E-state index contributed by atoms with van der Waals surface area (Å²) in [6, 6.07) is 16.0. The Labute approximate surface area is 185 Å². The van der Waals surface area contributed by atoms with Crippen LogP contribution >= 0.6 is 11.3 Å². The molecule has 0 saturated carbocycles. The van der Waals surface area contributed by atoms with Crippen molar-refractivity contribution in [2.45, 2.75) is 37.8 Å². The smallest absolute Gasteiger partial charge is 0.279 e. The first-order valence-electron chi connectivity index (χ1n) is 10.6. The molecular weight excluding hydrogens is 412 g/mol. The number of ether oxygens (including phenoxy) is 2. The van der Waals surface area contributed by atoms with Gasteiger partial charge in [0.1, 0.15) is 22.5 Å². The van der Waals surface area contributed by atoms with Crippen molar-refractivity contribution in [2.75, 3.05) is 13.2 Å². The van der Waals surface area contributed by atoms with Gasteiger partial charge in [0.25, 0.3) is 11.1 Å². The molecule has 0 aliphatic carbocycles. The molecule has 0 radical (unpaired) electrons. The fourth-order valence-corrected chi connectivity index (χ4v) is 5.01. The van der Waals surface area contributed by atoms with Crippen LogP contribution in [0.3, 0.4) is 0 Å². The van der Waals surface area contributed by atoms with E-state index in [0.29, 0.717) is 22.4 Å². The minimum atomic E-state index is -0.0978. The number of fused-ring (bicyclic) bond motifs is 1. The number of carbonyl (C=O) groups is 1. The lowest BCUT2D eigenvalue weighted by Crippen LogP contribution is -2.37. The number of benzene rings is 2. The predicted octanol–water partition coefficient (Wildman–Crippen LogP) is 4.60. The highest BCUT2D eigenvalue weighted by atomic mass is 32.1.